The van der Waals surface area contributed by atoms with E-state index in [9.17, 15) is 14.7 Å². The number of carbonyl (C=O) groups excluding carboxylic acids is 1. The number of carbonyl (C=O) groups is 2. The van der Waals surface area contributed by atoms with E-state index < -0.39 is 11.5 Å². The molecule has 3 N–H and O–H groups in total. The van der Waals surface area contributed by atoms with Crippen LogP contribution >= 0.6 is 0 Å². The molecule has 112 valence electrons. The third kappa shape index (κ3) is 2.25. The Balaban J connectivity index is 1.99. The van der Waals surface area contributed by atoms with Gasteiger partial charge in [-0.25, -0.2) is 4.79 Å². The lowest BCUT2D eigenvalue weighted by Crippen LogP contribution is -2.56. The summed E-state index contributed by atoms with van der Waals surface area (Å²) in [6.07, 6.45) is 1.93. The van der Waals surface area contributed by atoms with E-state index in [1.165, 1.54) is 6.07 Å². The molecule has 1 amide bonds. The number of ether oxygens (including phenoxy) is 1. The van der Waals surface area contributed by atoms with Crippen molar-refractivity contribution in [1.82, 2.24) is 0 Å². The van der Waals surface area contributed by atoms with Gasteiger partial charge < -0.3 is 20.5 Å². The Kier molecular flexibility index (Phi) is 3.13. The van der Waals surface area contributed by atoms with Gasteiger partial charge in [-0.05, 0) is 37.8 Å². The van der Waals surface area contributed by atoms with E-state index in [1.54, 1.807) is 24.0 Å². The number of hydrogen-bond donors (Lipinski definition) is 2. The molecule has 0 spiro atoms. The summed E-state index contributed by atoms with van der Waals surface area (Å²) in [5.74, 6) is -0.786. The van der Waals surface area contributed by atoms with E-state index in [1.807, 2.05) is 0 Å². The number of nitrogens with two attached hydrogens (primary N) is 1. The molecule has 0 aromatic heterocycles. The fraction of sp³-hybridized carbons (Fsp3) is 0.467. The van der Waals surface area contributed by atoms with Crippen LogP contribution in [-0.2, 0) is 4.79 Å². The van der Waals surface area contributed by atoms with Crippen LogP contribution in [0.15, 0.2) is 18.2 Å². The summed E-state index contributed by atoms with van der Waals surface area (Å²) in [4.78, 5) is 25.6. The molecule has 1 unspecified atom stereocenters. The average molecular weight is 290 g/mol. The van der Waals surface area contributed by atoms with Crippen LogP contribution in [0.1, 0.15) is 30.1 Å². The molecule has 1 saturated carbocycles. The molecule has 1 aliphatic heterocycles. The molecule has 6 heteroatoms. The third-order valence-electron chi connectivity index (χ3n) is 4.21. The Bertz CT molecular complexity index is 608. The summed E-state index contributed by atoms with van der Waals surface area (Å²) in [7, 11) is 0. The van der Waals surface area contributed by atoms with Crippen molar-refractivity contribution in [3.05, 3.63) is 23.8 Å². The first kappa shape index (κ1) is 13.9. The molecule has 1 aromatic carbocycles. The molecule has 1 atom stereocenters. The second-order valence-electron chi connectivity index (χ2n) is 5.82. The van der Waals surface area contributed by atoms with Gasteiger partial charge in [-0.1, -0.05) is 6.07 Å². The fourth-order valence-corrected chi connectivity index (χ4v) is 2.78. The van der Waals surface area contributed by atoms with Gasteiger partial charge in [0.2, 0.25) is 5.91 Å². The maximum absolute atomic E-state index is 12.7. The number of fused-ring (bicyclic) bond motifs is 1. The highest BCUT2D eigenvalue weighted by atomic mass is 16.5. The molecule has 1 fully saturated rings. The van der Waals surface area contributed by atoms with Gasteiger partial charge in [0, 0.05) is 0 Å². The second-order valence-corrected chi connectivity index (χ2v) is 5.82. The van der Waals surface area contributed by atoms with E-state index in [0.717, 1.165) is 12.8 Å². The number of amides is 1. The highest BCUT2D eigenvalue weighted by molar-refractivity contribution is 6.04. The molecule has 2 aliphatic rings. The summed E-state index contributed by atoms with van der Waals surface area (Å²) in [5.41, 5.74) is 5.85. The monoisotopic (exact) mass is 290 g/mol. The first-order valence-electron chi connectivity index (χ1n) is 7.03. The molecule has 21 heavy (non-hydrogen) atoms. The summed E-state index contributed by atoms with van der Waals surface area (Å²) in [6.45, 7) is 2.40. The van der Waals surface area contributed by atoms with Crippen molar-refractivity contribution in [1.29, 1.82) is 0 Å². The van der Waals surface area contributed by atoms with E-state index in [-0.39, 0.29) is 29.7 Å². The quantitative estimate of drug-likeness (QED) is 0.873. The number of carboxylic acid groups (broad SMARTS) is 1. The molecular weight excluding hydrogens is 272 g/mol. The zero-order valence-electron chi connectivity index (χ0n) is 11.8. The van der Waals surface area contributed by atoms with Crippen LogP contribution in [0.5, 0.6) is 5.75 Å². The summed E-state index contributed by atoms with van der Waals surface area (Å²) >= 11 is 0. The van der Waals surface area contributed by atoms with E-state index in [4.69, 9.17) is 10.5 Å². The third-order valence-corrected chi connectivity index (χ3v) is 4.21. The number of rotatable bonds is 3. The Morgan fingerprint density at radius 3 is 2.76 bits per heavy atom. The van der Waals surface area contributed by atoms with Crippen molar-refractivity contribution in [2.24, 2.45) is 11.7 Å². The molecule has 3 rings (SSSR count). The van der Waals surface area contributed by atoms with Crippen LogP contribution in [0, 0.1) is 5.92 Å². The predicted molar refractivity (Wildman–Crippen MR) is 76.6 cm³/mol. The molecule has 0 radical (unpaired) electrons. The topological polar surface area (TPSA) is 92.9 Å². The van der Waals surface area contributed by atoms with Crippen LogP contribution in [0.4, 0.5) is 5.69 Å². The number of aromatic carboxylic acids is 1. The van der Waals surface area contributed by atoms with Gasteiger partial charge in [0.05, 0.1) is 17.8 Å². The minimum atomic E-state index is -1.07. The molecule has 0 saturated heterocycles. The lowest BCUT2D eigenvalue weighted by atomic mass is 9.94. The van der Waals surface area contributed by atoms with E-state index in [2.05, 4.69) is 0 Å². The average Bonchev–Trinajstić information content (AvgIpc) is 3.30. The van der Waals surface area contributed by atoms with Crippen LogP contribution < -0.4 is 15.4 Å². The molecular formula is C15H18N2O4. The highest BCUT2D eigenvalue weighted by Gasteiger charge is 2.47. The Hall–Kier alpha value is -2.08. The Morgan fingerprint density at radius 1 is 1.43 bits per heavy atom. The summed E-state index contributed by atoms with van der Waals surface area (Å²) < 4.78 is 5.47. The van der Waals surface area contributed by atoms with Gasteiger partial charge in [0.1, 0.15) is 12.2 Å². The minimum Gasteiger partial charge on any atom is -0.489 e. The fourth-order valence-electron chi connectivity index (χ4n) is 2.78. The first-order valence-corrected chi connectivity index (χ1v) is 7.03. The van der Waals surface area contributed by atoms with Crippen LogP contribution in [0.3, 0.4) is 0 Å². The molecule has 1 aliphatic carbocycles. The van der Waals surface area contributed by atoms with Crippen molar-refractivity contribution in [2.75, 3.05) is 18.1 Å². The van der Waals surface area contributed by atoms with Crippen molar-refractivity contribution < 1.29 is 19.4 Å². The van der Waals surface area contributed by atoms with Crippen LogP contribution in [0.2, 0.25) is 0 Å². The molecule has 1 heterocycles. The maximum atomic E-state index is 12.7. The molecule has 0 bridgehead atoms. The first-order chi connectivity index (χ1) is 9.93. The van der Waals surface area contributed by atoms with Gasteiger partial charge in [-0.15, -0.1) is 0 Å². The highest BCUT2D eigenvalue weighted by Crippen LogP contribution is 2.42. The number of para-hydroxylation sites is 1. The van der Waals surface area contributed by atoms with Gasteiger partial charge in [-0.3, -0.25) is 4.79 Å². The zero-order chi connectivity index (χ0) is 15.2. The van der Waals surface area contributed by atoms with Gasteiger partial charge >= 0.3 is 5.97 Å². The van der Waals surface area contributed by atoms with E-state index >= 15 is 0 Å². The zero-order valence-corrected chi connectivity index (χ0v) is 11.8. The smallest absolute Gasteiger partial charge is 0.339 e. The number of hydrogen-bond acceptors (Lipinski definition) is 4. The summed E-state index contributed by atoms with van der Waals surface area (Å²) in [5, 5.41) is 9.22. The lowest BCUT2D eigenvalue weighted by molar-refractivity contribution is -0.124. The SMILES string of the molecule is CC(N)(C(=O)N1CCOc2c(C(=O)O)cccc21)C1CC1. The number of anilines is 1. The van der Waals surface area contributed by atoms with Crippen LogP contribution in [-0.4, -0.2) is 35.7 Å². The lowest BCUT2D eigenvalue weighted by Gasteiger charge is -2.35. The molecule has 1 aromatic rings. The predicted octanol–water partition coefficient (Wildman–Crippen LogP) is 1.24. The largest absolute Gasteiger partial charge is 0.489 e. The van der Waals surface area contributed by atoms with E-state index in [0.29, 0.717) is 12.2 Å². The van der Waals surface area contributed by atoms with Gasteiger partial charge in [-0.2, -0.15) is 0 Å². The van der Waals surface area contributed by atoms with Crippen molar-refractivity contribution in [3.63, 3.8) is 0 Å². The van der Waals surface area contributed by atoms with Crippen LogP contribution in [0.25, 0.3) is 0 Å². The minimum absolute atomic E-state index is 0.0650. The van der Waals surface area contributed by atoms with Crippen molar-refractivity contribution >= 4 is 17.6 Å². The summed E-state index contributed by atoms with van der Waals surface area (Å²) in [6, 6.07) is 4.78. The number of nitrogens with zero attached hydrogens (tertiary/aromatic N) is 1. The van der Waals surface area contributed by atoms with Gasteiger partial charge in [0.25, 0.3) is 0 Å². The maximum Gasteiger partial charge on any atom is 0.339 e. The van der Waals surface area contributed by atoms with Crippen molar-refractivity contribution in [2.45, 2.75) is 25.3 Å². The number of carboxylic acids is 1. The second kappa shape index (κ2) is 4.73. The normalized spacial score (nSPS) is 20.2. The Labute approximate surface area is 122 Å². The number of benzene rings is 1. The standard InChI is InChI=1S/C15H18N2O4/c1-15(16,9-5-6-9)14(20)17-7-8-21-12-10(13(18)19)3-2-4-11(12)17/h2-4,9H,5-8,16H2,1H3,(H,18,19). The Morgan fingerprint density at radius 2 is 2.14 bits per heavy atom. The molecule has 6 nitrogen and oxygen atoms in total. The van der Waals surface area contributed by atoms with Gasteiger partial charge in [0.15, 0.2) is 5.75 Å². The van der Waals surface area contributed by atoms with Crippen molar-refractivity contribution in [3.8, 4) is 5.75 Å².